The molecule has 0 amide bonds. The van der Waals surface area contributed by atoms with Crippen LogP contribution in [0.1, 0.15) is 26.7 Å². The highest BCUT2D eigenvalue weighted by Gasteiger charge is 2.28. The molecule has 0 aliphatic carbocycles. The van der Waals surface area contributed by atoms with Crippen molar-refractivity contribution in [1.82, 2.24) is 4.90 Å². The Hall–Kier alpha value is -0.500. The van der Waals surface area contributed by atoms with E-state index in [0.29, 0.717) is 11.8 Å². The second-order valence-electron chi connectivity index (χ2n) is 3.48. The van der Waals surface area contributed by atoms with Crippen molar-refractivity contribution in [2.24, 2.45) is 0 Å². The number of nitrogens with zero attached hydrogens (tertiary/aromatic N) is 1. The molecule has 1 atom stereocenters. The highest BCUT2D eigenvalue weighted by molar-refractivity contribution is 5.00. The molecule has 1 N–H and O–H groups in total. The number of hydrogen-bond donors (Lipinski definition) is 1. The second-order valence-corrected chi connectivity index (χ2v) is 3.48. The molecule has 1 rings (SSSR count). The Morgan fingerprint density at radius 2 is 2.27 bits per heavy atom. The molecule has 1 fully saturated rings. The van der Waals surface area contributed by atoms with Gasteiger partial charge in [0.1, 0.15) is 5.76 Å². The van der Waals surface area contributed by atoms with E-state index in [0.717, 1.165) is 13.0 Å². The minimum atomic E-state index is 0.218. The zero-order valence-corrected chi connectivity index (χ0v) is 7.38. The third-order valence-corrected chi connectivity index (χ3v) is 2.34. The maximum absolute atomic E-state index is 9.24. The first kappa shape index (κ1) is 8.60. The standard InChI is InChI=1S/C9H17NO/c1-7(2)10-6-4-5-9(10)8(3)11/h7,9,11H,3-6H2,1-2H3. The Bertz CT molecular complexity index is 154. The van der Waals surface area contributed by atoms with Crippen molar-refractivity contribution in [3.05, 3.63) is 12.3 Å². The maximum atomic E-state index is 9.24. The molecule has 64 valence electrons. The predicted molar refractivity (Wildman–Crippen MR) is 46.6 cm³/mol. The van der Waals surface area contributed by atoms with Gasteiger partial charge in [0.15, 0.2) is 0 Å². The van der Waals surface area contributed by atoms with E-state index in [1.54, 1.807) is 0 Å². The van der Waals surface area contributed by atoms with Gasteiger partial charge in [-0.3, -0.25) is 4.90 Å². The van der Waals surface area contributed by atoms with Gasteiger partial charge < -0.3 is 5.11 Å². The summed E-state index contributed by atoms with van der Waals surface area (Å²) in [6.45, 7) is 8.99. The zero-order valence-electron chi connectivity index (χ0n) is 7.38. The molecule has 2 heteroatoms. The number of hydrogen-bond acceptors (Lipinski definition) is 2. The summed E-state index contributed by atoms with van der Waals surface area (Å²) < 4.78 is 0. The first-order chi connectivity index (χ1) is 5.13. The van der Waals surface area contributed by atoms with Crippen LogP contribution < -0.4 is 0 Å². The molecule has 0 spiro atoms. The largest absolute Gasteiger partial charge is 0.511 e. The third-order valence-electron chi connectivity index (χ3n) is 2.34. The number of aliphatic hydroxyl groups excluding tert-OH is 1. The summed E-state index contributed by atoms with van der Waals surface area (Å²) in [5.41, 5.74) is 0. The molecule has 0 bridgehead atoms. The minimum Gasteiger partial charge on any atom is -0.511 e. The van der Waals surface area contributed by atoms with Crippen molar-refractivity contribution < 1.29 is 5.11 Å². The zero-order chi connectivity index (χ0) is 8.43. The smallest absolute Gasteiger partial charge is 0.102 e. The lowest BCUT2D eigenvalue weighted by molar-refractivity contribution is 0.184. The van der Waals surface area contributed by atoms with Gasteiger partial charge in [-0.2, -0.15) is 0 Å². The summed E-state index contributed by atoms with van der Waals surface area (Å²) in [6, 6.07) is 0.737. The lowest BCUT2D eigenvalue weighted by Crippen LogP contribution is -2.36. The summed E-state index contributed by atoms with van der Waals surface area (Å²) in [5.74, 6) is 0.330. The number of aliphatic hydroxyl groups is 1. The minimum absolute atomic E-state index is 0.218. The summed E-state index contributed by atoms with van der Waals surface area (Å²) >= 11 is 0. The van der Waals surface area contributed by atoms with Gasteiger partial charge in [0.05, 0.1) is 6.04 Å². The topological polar surface area (TPSA) is 23.5 Å². The van der Waals surface area contributed by atoms with E-state index < -0.39 is 0 Å². The Morgan fingerprint density at radius 3 is 2.64 bits per heavy atom. The molecule has 0 aromatic carbocycles. The molecule has 0 radical (unpaired) electrons. The van der Waals surface area contributed by atoms with Gasteiger partial charge in [-0.05, 0) is 33.2 Å². The molecule has 11 heavy (non-hydrogen) atoms. The van der Waals surface area contributed by atoms with Crippen molar-refractivity contribution in [1.29, 1.82) is 0 Å². The van der Waals surface area contributed by atoms with Crippen molar-refractivity contribution in [3.8, 4) is 0 Å². The number of likely N-dealkylation sites (tertiary alicyclic amines) is 1. The van der Waals surface area contributed by atoms with Crippen molar-refractivity contribution in [2.75, 3.05) is 6.54 Å². The van der Waals surface area contributed by atoms with Gasteiger partial charge in [-0.15, -0.1) is 0 Å². The van der Waals surface area contributed by atoms with Crippen LogP contribution >= 0.6 is 0 Å². The molecule has 1 unspecified atom stereocenters. The average molecular weight is 155 g/mol. The van der Waals surface area contributed by atoms with Crippen LogP contribution in [0.2, 0.25) is 0 Å². The Labute approximate surface area is 68.5 Å². The molecule has 0 aromatic heterocycles. The van der Waals surface area contributed by atoms with E-state index in [1.165, 1.54) is 6.42 Å². The van der Waals surface area contributed by atoms with Gasteiger partial charge in [-0.25, -0.2) is 0 Å². The number of rotatable bonds is 2. The van der Waals surface area contributed by atoms with E-state index in [2.05, 4.69) is 25.3 Å². The fourth-order valence-electron chi connectivity index (χ4n) is 1.76. The second kappa shape index (κ2) is 3.26. The monoisotopic (exact) mass is 155 g/mol. The van der Waals surface area contributed by atoms with Crippen LogP contribution in [0.25, 0.3) is 0 Å². The van der Waals surface area contributed by atoms with Gasteiger partial charge in [-0.1, -0.05) is 6.58 Å². The van der Waals surface area contributed by atoms with E-state index in [9.17, 15) is 5.11 Å². The van der Waals surface area contributed by atoms with Crippen LogP contribution in [-0.2, 0) is 0 Å². The fourth-order valence-corrected chi connectivity index (χ4v) is 1.76. The molecule has 0 saturated carbocycles. The van der Waals surface area contributed by atoms with E-state index in [1.807, 2.05) is 0 Å². The molecule has 1 aliphatic rings. The summed E-state index contributed by atoms with van der Waals surface area (Å²) in [4.78, 5) is 2.29. The van der Waals surface area contributed by atoms with E-state index in [-0.39, 0.29) is 6.04 Å². The van der Waals surface area contributed by atoms with Crippen LogP contribution in [0.3, 0.4) is 0 Å². The van der Waals surface area contributed by atoms with Gasteiger partial charge in [0.2, 0.25) is 0 Å². The highest BCUT2D eigenvalue weighted by atomic mass is 16.3. The quantitative estimate of drug-likeness (QED) is 0.616. The molecule has 0 aromatic rings. The first-order valence-corrected chi connectivity index (χ1v) is 4.26. The van der Waals surface area contributed by atoms with Crippen molar-refractivity contribution in [2.45, 2.75) is 38.8 Å². The predicted octanol–water partition coefficient (Wildman–Crippen LogP) is 1.93. The summed E-state index contributed by atoms with van der Waals surface area (Å²) in [6.07, 6.45) is 2.25. The van der Waals surface area contributed by atoms with Crippen LogP contribution in [0.4, 0.5) is 0 Å². The SMILES string of the molecule is C=C(O)C1CCCN1C(C)C. The molecule has 1 heterocycles. The summed E-state index contributed by atoms with van der Waals surface area (Å²) in [7, 11) is 0. The van der Waals surface area contributed by atoms with Gasteiger partial charge in [0.25, 0.3) is 0 Å². The maximum Gasteiger partial charge on any atom is 0.102 e. The van der Waals surface area contributed by atoms with Crippen molar-refractivity contribution in [3.63, 3.8) is 0 Å². The first-order valence-electron chi connectivity index (χ1n) is 4.26. The Balaban J connectivity index is 2.58. The molecule has 2 nitrogen and oxygen atoms in total. The molecule has 1 saturated heterocycles. The lowest BCUT2D eigenvalue weighted by Gasteiger charge is -2.27. The van der Waals surface area contributed by atoms with Crippen LogP contribution in [0.5, 0.6) is 0 Å². The van der Waals surface area contributed by atoms with Crippen LogP contribution in [0, 0.1) is 0 Å². The van der Waals surface area contributed by atoms with Gasteiger partial charge in [0, 0.05) is 6.04 Å². The van der Waals surface area contributed by atoms with E-state index in [4.69, 9.17) is 0 Å². The van der Waals surface area contributed by atoms with E-state index >= 15 is 0 Å². The average Bonchev–Trinajstić information content (AvgIpc) is 2.32. The van der Waals surface area contributed by atoms with Crippen LogP contribution in [0.15, 0.2) is 12.3 Å². The van der Waals surface area contributed by atoms with Gasteiger partial charge >= 0.3 is 0 Å². The molecular weight excluding hydrogens is 138 g/mol. The lowest BCUT2D eigenvalue weighted by atomic mass is 10.2. The Morgan fingerprint density at radius 1 is 1.64 bits per heavy atom. The third kappa shape index (κ3) is 1.74. The summed E-state index contributed by atoms with van der Waals surface area (Å²) in [5, 5.41) is 9.24. The normalized spacial score (nSPS) is 26.3. The molecule has 1 aliphatic heterocycles. The Kier molecular flexibility index (Phi) is 2.55. The van der Waals surface area contributed by atoms with Crippen molar-refractivity contribution >= 4 is 0 Å². The highest BCUT2D eigenvalue weighted by Crippen LogP contribution is 2.23. The fraction of sp³-hybridized carbons (Fsp3) is 0.778. The van der Waals surface area contributed by atoms with Crippen LogP contribution in [-0.4, -0.2) is 28.6 Å². The molecular formula is C9H17NO.